The zero-order chi connectivity index (χ0) is 15.3. The second-order valence-corrected chi connectivity index (χ2v) is 5.11. The van der Waals surface area contributed by atoms with E-state index >= 15 is 0 Å². The lowest BCUT2D eigenvalue weighted by atomic mass is 10.1. The van der Waals surface area contributed by atoms with E-state index in [-0.39, 0.29) is 5.69 Å². The Morgan fingerprint density at radius 3 is 1.73 bits per heavy atom. The number of para-hydroxylation sites is 2. The van der Waals surface area contributed by atoms with E-state index in [1.54, 1.807) is 48.5 Å². The molecule has 1 aromatic heterocycles. The van der Waals surface area contributed by atoms with Crippen LogP contribution < -0.4 is 4.65 Å². The van der Waals surface area contributed by atoms with Crippen molar-refractivity contribution in [2.75, 3.05) is 0 Å². The molecule has 0 radical (unpaired) electrons. The fourth-order valence-corrected chi connectivity index (χ4v) is 2.84. The van der Waals surface area contributed by atoms with E-state index in [2.05, 4.69) is 4.98 Å². The van der Waals surface area contributed by atoms with E-state index in [4.69, 9.17) is 0 Å². The van der Waals surface area contributed by atoms with Crippen LogP contribution in [0.5, 0.6) is 0 Å². The number of imide groups is 1. The lowest BCUT2D eigenvalue weighted by Crippen LogP contribution is -2.49. The molecule has 2 aromatic carbocycles. The van der Waals surface area contributed by atoms with Crippen molar-refractivity contribution < 1.29 is 9.59 Å². The molecule has 0 saturated heterocycles. The number of carbonyl (C=O) groups is 2. The Morgan fingerprint density at radius 1 is 0.773 bits per heavy atom. The maximum absolute atomic E-state index is 13.1. The minimum absolute atomic E-state index is 0.140. The molecule has 3 aromatic rings. The number of nitrogens with zero attached hydrogens (tertiary/aromatic N) is 2. The van der Waals surface area contributed by atoms with Gasteiger partial charge in [0.1, 0.15) is 0 Å². The highest BCUT2D eigenvalue weighted by atomic mass is 16.6. The van der Waals surface area contributed by atoms with Crippen molar-refractivity contribution >= 4 is 39.3 Å². The number of aromatic nitrogens is 1. The smallest absolute Gasteiger partial charge is 0.351 e. The molecule has 4 rings (SSSR count). The number of fused-ring (bicyclic) bond motifs is 2. The van der Waals surface area contributed by atoms with Crippen molar-refractivity contribution in [1.29, 1.82) is 0 Å². The molecule has 22 heavy (non-hydrogen) atoms. The van der Waals surface area contributed by atoms with Gasteiger partial charge >= 0.3 is 11.8 Å². The van der Waals surface area contributed by atoms with Gasteiger partial charge in [0.2, 0.25) is 0 Å². The summed E-state index contributed by atoms with van der Waals surface area (Å²) in [6, 6.07) is 14.1. The Balaban J connectivity index is 2.23. The van der Waals surface area contributed by atoms with Gasteiger partial charge in [0.25, 0.3) is 0 Å². The van der Waals surface area contributed by atoms with Gasteiger partial charge in [0.05, 0.1) is 34.0 Å². The van der Waals surface area contributed by atoms with E-state index in [0.717, 1.165) is 12.2 Å². The normalized spacial score (nSPS) is 16.8. The Morgan fingerprint density at radius 2 is 1.23 bits per heavy atom. The number of hydroxylamine groups is 2. The van der Waals surface area contributed by atoms with Crippen LogP contribution in [-0.2, 0) is 9.59 Å². The highest BCUT2D eigenvalue weighted by molar-refractivity contribution is 6.28. The molecule has 0 N–H and O–H groups in total. The number of hydrogen-bond acceptors (Lipinski definition) is 4. The highest BCUT2D eigenvalue weighted by Crippen LogP contribution is 2.39. The van der Waals surface area contributed by atoms with E-state index < -0.39 is 16.5 Å². The van der Waals surface area contributed by atoms with Gasteiger partial charge in [-0.1, -0.05) is 24.3 Å². The molecule has 1 aliphatic rings. The minimum atomic E-state index is -1.62. The summed E-state index contributed by atoms with van der Waals surface area (Å²) in [5.41, 5.74) is 1.30. The molecule has 0 atom stereocenters. The van der Waals surface area contributed by atoms with Crippen molar-refractivity contribution in [2.45, 2.75) is 0 Å². The summed E-state index contributed by atoms with van der Waals surface area (Å²) in [6.07, 6.45) is 2.08. The molecule has 0 aliphatic carbocycles. The zero-order valence-corrected chi connectivity index (χ0v) is 11.4. The van der Waals surface area contributed by atoms with Gasteiger partial charge in [-0.3, -0.25) is 0 Å². The number of amides is 2. The number of pyridine rings is 1. The third-order valence-corrected chi connectivity index (χ3v) is 3.86. The molecule has 0 saturated carbocycles. The van der Waals surface area contributed by atoms with Gasteiger partial charge < -0.3 is 5.21 Å². The summed E-state index contributed by atoms with van der Waals surface area (Å²) in [5.74, 6) is -1.57. The van der Waals surface area contributed by atoms with Crippen LogP contribution in [0, 0.1) is 5.21 Å². The Kier molecular flexibility index (Phi) is 2.51. The van der Waals surface area contributed by atoms with Gasteiger partial charge in [0.15, 0.2) is 5.69 Å². The second-order valence-electron chi connectivity index (χ2n) is 5.11. The quantitative estimate of drug-likeness (QED) is 0.299. The number of hydrogen-bond donors (Lipinski definition) is 0. The first-order valence-electron chi connectivity index (χ1n) is 6.77. The van der Waals surface area contributed by atoms with Gasteiger partial charge in [-0.2, -0.15) is 4.65 Å². The van der Waals surface area contributed by atoms with E-state index in [1.807, 2.05) is 0 Å². The Labute approximate surface area is 125 Å². The maximum Gasteiger partial charge on any atom is 0.351 e. The van der Waals surface area contributed by atoms with Crippen LogP contribution >= 0.6 is 0 Å². The fraction of sp³-hybridized carbons (Fsp3) is 0. The average Bonchev–Trinajstić information content (AvgIpc) is 2.80. The van der Waals surface area contributed by atoms with Crippen molar-refractivity contribution in [3.05, 3.63) is 65.9 Å². The molecule has 0 unspecified atom stereocenters. The van der Waals surface area contributed by atoms with Gasteiger partial charge in [-0.05, 0) is 24.3 Å². The molecule has 106 valence electrons. The summed E-state index contributed by atoms with van der Waals surface area (Å²) in [6.45, 7) is 0. The zero-order valence-electron chi connectivity index (χ0n) is 11.4. The van der Waals surface area contributed by atoms with Crippen LogP contribution in [-0.4, -0.2) is 16.8 Å². The molecular formula is C17H10N2O3. The fourth-order valence-electron chi connectivity index (χ4n) is 2.84. The second kappa shape index (κ2) is 4.30. The first-order chi connectivity index (χ1) is 10.6. The SMILES string of the molecule is O=C1C=CC(=O)[N+]1([O-])c1c2ccccc2nc2ccccc12. The number of rotatable bonds is 1. The number of benzene rings is 2. The monoisotopic (exact) mass is 290 g/mol. The largest absolute Gasteiger partial charge is 0.611 e. The predicted molar refractivity (Wildman–Crippen MR) is 83.6 cm³/mol. The topological polar surface area (TPSA) is 70.1 Å². The predicted octanol–water partition coefficient (Wildman–Crippen LogP) is 2.82. The van der Waals surface area contributed by atoms with Crippen LogP contribution in [0.4, 0.5) is 5.69 Å². The first kappa shape index (κ1) is 12.8. The molecule has 5 heteroatoms. The van der Waals surface area contributed by atoms with Crippen LogP contribution in [0.1, 0.15) is 0 Å². The van der Waals surface area contributed by atoms with Gasteiger partial charge in [-0.15, -0.1) is 0 Å². The summed E-state index contributed by atoms with van der Waals surface area (Å²) < 4.78 is -1.62. The summed E-state index contributed by atoms with van der Waals surface area (Å²) in [7, 11) is 0. The highest BCUT2D eigenvalue weighted by Gasteiger charge is 2.43. The van der Waals surface area contributed by atoms with E-state index in [9.17, 15) is 14.8 Å². The van der Waals surface area contributed by atoms with E-state index in [0.29, 0.717) is 21.8 Å². The standard InChI is InChI=1S/C17H10N2O3/c20-15-9-10-16(21)19(15,22)17-11-5-1-3-7-13(11)18-14-8-4-2-6-12(14)17/h1-10H. The molecule has 5 nitrogen and oxygen atoms in total. The van der Waals surface area contributed by atoms with Crippen LogP contribution in [0.3, 0.4) is 0 Å². The summed E-state index contributed by atoms with van der Waals surface area (Å²) in [5, 5.41) is 14.2. The van der Waals surface area contributed by atoms with Crippen molar-refractivity contribution in [3.63, 3.8) is 0 Å². The lowest BCUT2D eigenvalue weighted by Gasteiger charge is -2.33. The van der Waals surface area contributed by atoms with Crippen LogP contribution in [0.15, 0.2) is 60.7 Å². The molecule has 2 amide bonds. The first-order valence-corrected chi connectivity index (χ1v) is 6.77. The third-order valence-electron chi connectivity index (χ3n) is 3.86. The van der Waals surface area contributed by atoms with Crippen LogP contribution in [0.2, 0.25) is 0 Å². The molecular weight excluding hydrogens is 280 g/mol. The van der Waals surface area contributed by atoms with Crippen LogP contribution in [0.25, 0.3) is 21.8 Å². The Hall–Kier alpha value is -2.89. The number of carbonyl (C=O) groups excluding carboxylic acids is 2. The van der Waals surface area contributed by atoms with Crippen molar-refractivity contribution in [1.82, 2.24) is 9.63 Å². The minimum Gasteiger partial charge on any atom is -0.611 e. The summed E-state index contributed by atoms with van der Waals surface area (Å²) >= 11 is 0. The molecule has 0 bridgehead atoms. The molecule has 0 spiro atoms. The van der Waals surface area contributed by atoms with Crippen molar-refractivity contribution in [3.8, 4) is 0 Å². The molecule has 1 aliphatic heterocycles. The Bertz CT molecular complexity index is 920. The van der Waals surface area contributed by atoms with E-state index in [1.165, 1.54) is 0 Å². The summed E-state index contributed by atoms with van der Waals surface area (Å²) in [4.78, 5) is 28.8. The van der Waals surface area contributed by atoms with Crippen molar-refractivity contribution in [2.24, 2.45) is 0 Å². The average molecular weight is 290 g/mol. The van der Waals surface area contributed by atoms with Gasteiger partial charge in [-0.25, -0.2) is 14.6 Å². The molecule has 2 heterocycles. The molecule has 0 fully saturated rings. The number of quaternary nitrogens is 1. The lowest BCUT2D eigenvalue weighted by molar-refractivity contribution is -0.132. The van der Waals surface area contributed by atoms with Gasteiger partial charge in [0, 0.05) is 0 Å². The third kappa shape index (κ3) is 1.52. The maximum atomic E-state index is 13.1.